The first-order chi connectivity index (χ1) is 10.2. The zero-order chi connectivity index (χ0) is 16.8. The molecule has 2 N–H and O–H groups in total. The van der Waals surface area contributed by atoms with Crippen molar-refractivity contribution in [2.24, 2.45) is 0 Å². The van der Waals surface area contributed by atoms with Crippen molar-refractivity contribution in [1.82, 2.24) is 10.0 Å². The molecule has 0 aliphatic heterocycles. The van der Waals surface area contributed by atoms with E-state index in [9.17, 15) is 13.2 Å². The van der Waals surface area contributed by atoms with Crippen molar-refractivity contribution < 1.29 is 13.2 Å². The van der Waals surface area contributed by atoms with Gasteiger partial charge in [-0.05, 0) is 44.5 Å². The highest BCUT2D eigenvalue weighted by molar-refractivity contribution is 7.89. The number of hydrogen-bond donors (Lipinski definition) is 2. The highest BCUT2D eigenvalue weighted by atomic mass is 32.2. The Kier molecular flexibility index (Phi) is 6.09. The van der Waals surface area contributed by atoms with Crippen LogP contribution in [0.1, 0.15) is 44.0 Å². The Morgan fingerprint density at radius 3 is 2.36 bits per heavy atom. The summed E-state index contributed by atoms with van der Waals surface area (Å²) in [6.07, 6.45) is 0.889. The molecule has 7 heteroatoms. The van der Waals surface area contributed by atoms with Gasteiger partial charge in [0.2, 0.25) is 10.0 Å². The molecule has 1 rings (SSSR count). The maximum Gasteiger partial charge on any atom is 0.251 e. The lowest BCUT2D eigenvalue weighted by Crippen LogP contribution is -2.42. The largest absolute Gasteiger partial charge is 0.347 e. The number of hydrogen-bond acceptors (Lipinski definition) is 4. The molecule has 0 spiro atoms. The van der Waals surface area contributed by atoms with Gasteiger partial charge < -0.3 is 5.32 Å². The van der Waals surface area contributed by atoms with Crippen molar-refractivity contribution >= 4 is 15.9 Å². The van der Waals surface area contributed by atoms with E-state index in [1.165, 1.54) is 24.3 Å². The predicted molar refractivity (Wildman–Crippen MR) is 83.7 cm³/mol. The summed E-state index contributed by atoms with van der Waals surface area (Å²) < 4.78 is 26.2. The Hall–Kier alpha value is -1.91. The average Bonchev–Trinajstić information content (AvgIpc) is 2.47. The summed E-state index contributed by atoms with van der Waals surface area (Å²) in [7, 11) is -3.65. The fourth-order valence-corrected chi connectivity index (χ4v) is 2.61. The number of sulfonamides is 1. The SMILES string of the molecule is CCC(C)(C)NC(=O)c1ccc(S(=O)(=O)NCCC#N)cc1. The van der Waals surface area contributed by atoms with E-state index in [4.69, 9.17) is 5.26 Å². The van der Waals surface area contributed by atoms with Crippen molar-refractivity contribution in [1.29, 1.82) is 5.26 Å². The van der Waals surface area contributed by atoms with Crippen LogP contribution in [0.2, 0.25) is 0 Å². The summed E-state index contributed by atoms with van der Waals surface area (Å²) in [5, 5.41) is 11.3. The Morgan fingerprint density at radius 2 is 1.86 bits per heavy atom. The van der Waals surface area contributed by atoms with E-state index in [1.54, 1.807) is 0 Å². The third kappa shape index (κ3) is 5.13. The minimum absolute atomic E-state index is 0.0613. The fourth-order valence-electron chi connectivity index (χ4n) is 1.58. The third-order valence-electron chi connectivity index (χ3n) is 3.29. The Balaban J connectivity index is 2.83. The number of rotatable bonds is 7. The Labute approximate surface area is 131 Å². The van der Waals surface area contributed by atoms with Crippen LogP contribution in [0, 0.1) is 11.3 Å². The van der Waals surface area contributed by atoms with Gasteiger partial charge in [0.1, 0.15) is 0 Å². The van der Waals surface area contributed by atoms with E-state index >= 15 is 0 Å². The molecular weight excluding hydrogens is 302 g/mol. The van der Waals surface area contributed by atoms with Gasteiger partial charge in [-0.15, -0.1) is 0 Å². The van der Waals surface area contributed by atoms with Crippen LogP contribution in [-0.4, -0.2) is 26.4 Å². The van der Waals surface area contributed by atoms with Gasteiger partial charge in [-0.3, -0.25) is 4.79 Å². The van der Waals surface area contributed by atoms with Gasteiger partial charge in [0, 0.05) is 24.1 Å². The van der Waals surface area contributed by atoms with E-state index in [-0.39, 0.29) is 29.3 Å². The number of nitrogens with zero attached hydrogens (tertiary/aromatic N) is 1. The van der Waals surface area contributed by atoms with Crippen LogP contribution in [-0.2, 0) is 10.0 Å². The van der Waals surface area contributed by atoms with Gasteiger partial charge in [0.25, 0.3) is 5.91 Å². The molecule has 0 atom stereocenters. The van der Waals surface area contributed by atoms with Gasteiger partial charge in [0.05, 0.1) is 11.0 Å². The second-order valence-electron chi connectivity index (χ2n) is 5.52. The highest BCUT2D eigenvalue weighted by Gasteiger charge is 2.19. The van der Waals surface area contributed by atoms with Crippen molar-refractivity contribution in [2.75, 3.05) is 6.54 Å². The average molecular weight is 323 g/mol. The van der Waals surface area contributed by atoms with Gasteiger partial charge in [-0.1, -0.05) is 6.92 Å². The molecule has 0 aliphatic rings. The number of amides is 1. The molecule has 0 radical (unpaired) electrons. The minimum Gasteiger partial charge on any atom is -0.347 e. The number of carbonyl (C=O) groups excluding carboxylic acids is 1. The molecule has 1 amide bonds. The molecule has 6 nitrogen and oxygen atoms in total. The summed E-state index contributed by atoms with van der Waals surface area (Å²) in [6, 6.07) is 7.56. The lowest BCUT2D eigenvalue weighted by molar-refractivity contribution is 0.0911. The van der Waals surface area contributed by atoms with Crippen LogP contribution in [0.5, 0.6) is 0 Å². The number of carbonyl (C=O) groups is 1. The highest BCUT2D eigenvalue weighted by Crippen LogP contribution is 2.13. The maximum atomic E-state index is 12.1. The van der Waals surface area contributed by atoms with Crippen LogP contribution < -0.4 is 10.0 Å². The first-order valence-electron chi connectivity index (χ1n) is 7.01. The predicted octanol–water partition coefficient (Wildman–Crippen LogP) is 1.80. The van der Waals surface area contributed by atoms with Crippen molar-refractivity contribution in [2.45, 2.75) is 44.0 Å². The molecule has 0 saturated heterocycles. The quantitative estimate of drug-likeness (QED) is 0.747. The van der Waals surface area contributed by atoms with Crippen LogP contribution in [0.15, 0.2) is 29.2 Å². The van der Waals surface area contributed by atoms with Crippen LogP contribution in [0.3, 0.4) is 0 Å². The molecule has 120 valence electrons. The Morgan fingerprint density at radius 1 is 1.27 bits per heavy atom. The molecule has 0 heterocycles. The molecule has 1 aromatic carbocycles. The molecule has 0 bridgehead atoms. The van der Waals surface area contributed by atoms with E-state index in [1.807, 2.05) is 26.8 Å². The fraction of sp³-hybridized carbons (Fsp3) is 0.467. The van der Waals surface area contributed by atoms with Crippen molar-refractivity contribution in [3.05, 3.63) is 29.8 Å². The minimum atomic E-state index is -3.65. The Bertz CT molecular complexity index is 658. The maximum absolute atomic E-state index is 12.1. The molecule has 0 aromatic heterocycles. The molecular formula is C15H21N3O3S. The second kappa shape index (κ2) is 7.38. The van der Waals surface area contributed by atoms with E-state index in [2.05, 4.69) is 10.0 Å². The summed E-state index contributed by atoms with van der Waals surface area (Å²) in [5.41, 5.74) is 0.0817. The van der Waals surface area contributed by atoms with Gasteiger partial charge in [0.15, 0.2) is 0 Å². The summed E-state index contributed by atoms with van der Waals surface area (Å²) in [6.45, 7) is 5.88. The van der Waals surface area contributed by atoms with E-state index in [0.29, 0.717) is 5.56 Å². The van der Waals surface area contributed by atoms with Gasteiger partial charge >= 0.3 is 0 Å². The van der Waals surface area contributed by atoms with Crippen molar-refractivity contribution in [3.63, 3.8) is 0 Å². The second-order valence-corrected chi connectivity index (χ2v) is 7.29. The summed E-state index contributed by atoms with van der Waals surface area (Å²) >= 11 is 0. The number of benzene rings is 1. The summed E-state index contributed by atoms with van der Waals surface area (Å²) in [4.78, 5) is 12.1. The molecule has 22 heavy (non-hydrogen) atoms. The molecule has 0 fully saturated rings. The smallest absolute Gasteiger partial charge is 0.251 e. The van der Waals surface area contributed by atoms with Crippen LogP contribution in [0.4, 0.5) is 0 Å². The number of nitriles is 1. The topological polar surface area (TPSA) is 99.1 Å². The number of nitrogens with one attached hydrogen (secondary N) is 2. The third-order valence-corrected chi connectivity index (χ3v) is 4.77. The lowest BCUT2D eigenvalue weighted by Gasteiger charge is -2.24. The zero-order valence-electron chi connectivity index (χ0n) is 13.0. The van der Waals surface area contributed by atoms with Gasteiger partial charge in [-0.2, -0.15) is 5.26 Å². The van der Waals surface area contributed by atoms with Crippen LogP contribution >= 0.6 is 0 Å². The molecule has 0 aliphatic carbocycles. The molecule has 0 unspecified atom stereocenters. The first kappa shape index (κ1) is 18.1. The zero-order valence-corrected chi connectivity index (χ0v) is 13.8. The van der Waals surface area contributed by atoms with Crippen LogP contribution in [0.25, 0.3) is 0 Å². The van der Waals surface area contributed by atoms with E-state index in [0.717, 1.165) is 6.42 Å². The normalized spacial score (nSPS) is 11.7. The lowest BCUT2D eigenvalue weighted by atomic mass is 10.0. The summed E-state index contributed by atoms with van der Waals surface area (Å²) in [5.74, 6) is -0.242. The van der Waals surface area contributed by atoms with Crippen molar-refractivity contribution in [3.8, 4) is 6.07 Å². The standard InChI is InChI=1S/C15H21N3O3S/c1-4-15(2,3)18-14(19)12-6-8-13(9-7-12)22(20,21)17-11-5-10-16/h6-9,17H,4-5,11H2,1-3H3,(H,18,19). The van der Waals surface area contributed by atoms with Gasteiger partial charge in [-0.25, -0.2) is 13.1 Å². The monoisotopic (exact) mass is 323 g/mol. The van der Waals surface area contributed by atoms with E-state index < -0.39 is 10.0 Å². The molecule has 1 aromatic rings. The molecule has 0 saturated carbocycles. The first-order valence-corrected chi connectivity index (χ1v) is 8.49.